The van der Waals surface area contributed by atoms with Gasteiger partial charge in [0.2, 0.25) is 0 Å². The van der Waals surface area contributed by atoms with E-state index >= 15 is 0 Å². The number of benzene rings is 1. The lowest BCUT2D eigenvalue weighted by atomic mass is 9.64. The molecule has 1 fully saturated rings. The van der Waals surface area contributed by atoms with Gasteiger partial charge in [-0.2, -0.15) is 0 Å². The molecule has 0 heterocycles. The molecule has 4 heteroatoms. The molecule has 0 atom stereocenters. The number of hydrogen-bond donors (Lipinski definition) is 1. The van der Waals surface area contributed by atoms with E-state index < -0.39 is 22.9 Å². The van der Waals surface area contributed by atoms with Crippen molar-refractivity contribution in [3.05, 3.63) is 35.1 Å². The Labute approximate surface area is 86.1 Å². The minimum absolute atomic E-state index is 0.0438. The second kappa shape index (κ2) is 3.52. The third-order valence-electron chi connectivity index (χ3n) is 3.24. The van der Waals surface area contributed by atoms with Gasteiger partial charge < -0.3 is 5.73 Å². The normalized spacial score (nSPS) is 18.7. The molecule has 0 radical (unpaired) electrons. The zero-order chi connectivity index (χ0) is 11.1. The molecule has 0 aliphatic heterocycles. The van der Waals surface area contributed by atoms with Crippen LogP contribution in [0, 0.1) is 17.5 Å². The highest BCUT2D eigenvalue weighted by atomic mass is 19.1. The monoisotopic (exact) mass is 215 g/mol. The number of hydrogen-bond acceptors (Lipinski definition) is 1. The standard InChI is InChI=1S/C11H12F3N/c12-7-4-8(13)10(9(14)5-7)11(6-15)2-1-3-11/h4-5H,1-3,6,15H2. The van der Waals surface area contributed by atoms with Gasteiger partial charge in [-0.15, -0.1) is 0 Å². The van der Waals surface area contributed by atoms with Crippen LogP contribution in [0.1, 0.15) is 24.8 Å². The van der Waals surface area contributed by atoms with Crippen LogP contribution in [0.5, 0.6) is 0 Å². The van der Waals surface area contributed by atoms with Crippen molar-refractivity contribution in [3.63, 3.8) is 0 Å². The van der Waals surface area contributed by atoms with Crippen LogP contribution in [0.2, 0.25) is 0 Å². The summed E-state index contributed by atoms with van der Waals surface area (Å²) in [5.74, 6) is -2.53. The van der Waals surface area contributed by atoms with Gasteiger partial charge in [-0.1, -0.05) is 6.42 Å². The highest BCUT2D eigenvalue weighted by Crippen LogP contribution is 2.44. The molecule has 2 rings (SSSR count). The van der Waals surface area contributed by atoms with Gasteiger partial charge in [-0.25, -0.2) is 13.2 Å². The minimum atomic E-state index is -0.889. The summed E-state index contributed by atoms with van der Waals surface area (Å²) < 4.78 is 39.7. The van der Waals surface area contributed by atoms with Gasteiger partial charge in [0.25, 0.3) is 0 Å². The average molecular weight is 215 g/mol. The van der Waals surface area contributed by atoms with Crippen LogP contribution in [0.4, 0.5) is 13.2 Å². The third kappa shape index (κ3) is 1.53. The third-order valence-corrected chi connectivity index (χ3v) is 3.24. The summed E-state index contributed by atoms with van der Waals surface area (Å²) in [6, 6.07) is 1.43. The Balaban J connectivity index is 2.52. The van der Waals surface area contributed by atoms with E-state index in [2.05, 4.69) is 0 Å². The summed E-state index contributed by atoms with van der Waals surface area (Å²) in [5.41, 5.74) is 4.90. The van der Waals surface area contributed by atoms with Gasteiger partial charge in [-0.3, -0.25) is 0 Å². The smallest absolute Gasteiger partial charge is 0.132 e. The van der Waals surface area contributed by atoms with Gasteiger partial charge in [0.05, 0.1) is 0 Å². The topological polar surface area (TPSA) is 26.0 Å². The van der Waals surface area contributed by atoms with Crippen molar-refractivity contribution in [3.8, 4) is 0 Å². The molecular weight excluding hydrogens is 203 g/mol. The number of rotatable bonds is 2. The van der Waals surface area contributed by atoms with Crippen LogP contribution in [0.15, 0.2) is 12.1 Å². The maximum Gasteiger partial charge on any atom is 0.132 e. The summed E-state index contributed by atoms with van der Waals surface area (Å²) in [6.07, 6.45) is 2.25. The Morgan fingerprint density at radius 3 is 2.00 bits per heavy atom. The molecule has 82 valence electrons. The predicted octanol–water partition coefficient (Wildman–Crippen LogP) is 2.48. The van der Waals surface area contributed by atoms with Crippen molar-refractivity contribution >= 4 is 0 Å². The molecule has 1 saturated carbocycles. The van der Waals surface area contributed by atoms with Crippen LogP contribution in [-0.4, -0.2) is 6.54 Å². The first kappa shape index (κ1) is 10.5. The van der Waals surface area contributed by atoms with E-state index in [-0.39, 0.29) is 12.1 Å². The Morgan fingerprint density at radius 2 is 1.67 bits per heavy atom. The fourth-order valence-corrected chi connectivity index (χ4v) is 2.21. The summed E-state index contributed by atoms with van der Waals surface area (Å²) in [7, 11) is 0. The summed E-state index contributed by atoms with van der Waals surface area (Å²) in [6.45, 7) is 0.201. The molecule has 1 aliphatic carbocycles. The van der Waals surface area contributed by atoms with E-state index in [9.17, 15) is 13.2 Å². The van der Waals surface area contributed by atoms with E-state index in [4.69, 9.17) is 5.73 Å². The second-order valence-corrected chi connectivity index (χ2v) is 4.08. The highest BCUT2D eigenvalue weighted by molar-refractivity contribution is 5.32. The largest absolute Gasteiger partial charge is 0.330 e. The molecule has 0 saturated heterocycles. The van der Waals surface area contributed by atoms with Gasteiger partial charge in [0.15, 0.2) is 0 Å². The molecular formula is C11H12F3N. The Kier molecular flexibility index (Phi) is 2.46. The summed E-state index contributed by atoms with van der Waals surface area (Å²) in [4.78, 5) is 0. The van der Waals surface area contributed by atoms with E-state index in [0.717, 1.165) is 6.42 Å². The van der Waals surface area contributed by atoms with Gasteiger partial charge in [-0.05, 0) is 12.8 Å². The van der Waals surface area contributed by atoms with Crippen LogP contribution >= 0.6 is 0 Å². The van der Waals surface area contributed by atoms with Crippen molar-refractivity contribution in [2.75, 3.05) is 6.54 Å². The van der Waals surface area contributed by atoms with E-state index in [1.54, 1.807) is 0 Å². The molecule has 0 aromatic heterocycles. The predicted molar refractivity (Wildman–Crippen MR) is 50.9 cm³/mol. The molecule has 0 bridgehead atoms. The van der Waals surface area contributed by atoms with Crippen LogP contribution in [0.25, 0.3) is 0 Å². The fraction of sp³-hybridized carbons (Fsp3) is 0.455. The molecule has 1 nitrogen and oxygen atoms in total. The van der Waals surface area contributed by atoms with Gasteiger partial charge >= 0.3 is 0 Å². The van der Waals surface area contributed by atoms with Crippen molar-refractivity contribution in [1.29, 1.82) is 0 Å². The first-order chi connectivity index (χ1) is 7.09. The molecule has 2 N–H and O–H groups in total. The SMILES string of the molecule is NCC1(c2c(F)cc(F)cc2F)CCC1. The lowest BCUT2D eigenvalue weighted by molar-refractivity contribution is 0.235. The van der Waals surface area contributed by atoms with Gasteiger partial charge in [0.1, 0.15) is 17.5 Å². The lowest BCUT2D eigenvalue weighted by Gasteiger charge is -2.41. The fourth-order valence-electron chi connectivity index (χ4n) is 2.21. The van der Waals surface area contributed by atoms with Crippen molar-refractivity contribution in [1.82, 2.24) is 0 Å². The lowest BCUT2D eigenvalue weighted by Crippen LogP contribution is -2.43. The Morgan fingerprint density at radius 1 is 1.13 bits per heavy atom. The quantitative estimate of drug-likeness (QED) is 0.805. The van der Waals surface area contributed by atoms with Gasteiger partial charge in [0, 0.05) is 29.7 Å². The summed E-state index contributed by atoms with van der Waals surface area (Å²) in [5, 5.41) is 0. The first-order valence-electron chi connectivity index (χ1n) is 4.94. The molecule has 0 spiro atoms. The number of nitrogens with two attached hydrogens (primary N) is 1. The highest BCUT2D eigenvalue weighted by Gasteiger charge is 2.41. The van der Waals surface area contributed by atoms with Crippen molar-refractivity contribution in [2.24, 2.45) is 5.73 Å². The maximum atomic E-state index is 13.5. The van der Waals surface area contributed by atoms with Crippen molar-refractivity contribution < 1.29 is 13.2 Å². The number of halogens is 3. The van der Waals surface area contributed by atoms with Crippen LogP contribution in [0.3, 0.4) is 0 Å². The molecule has 0 amide bonds. The summed E-state index contributed by atoms with van der Waals surface area (Å²) >= 11 is 0. The Bertz CT molecular complexity index is 357. The van der Waals surface area contributed by atoms with Crippen LogP contribution < -0.4 is 5.73 Å². The molecule has 15 heavy (non-hydrogen) atoms. The van der Waals surface area contributed by atoms with Crippen molar-refractivity contribution in [2.45, 2.75) is 24.7 Å². The maximum absolute atomic E-state index is 13.5. The van der Waals surface area contributed by atoms with E-state index in [1.807, 2.05) is 0 Å². The molecule has 0 unspecified atom stereocenters. The Hall–Kier alpha value is -1.03. The molecule has 1 aromatic carbocycles. The zero-order valence-corrected chi connectivity index (χ0v) is 8.19. The minimum Gasteiger partial charge on any atom is -0.330 e. The second-order valence-electron chi connectivity index (χ2n) is 4.08. The molecule has 1 aliphatic rings. The zero-order valence-electron chi connectivity index (χ0n) is 8.19. The molecule has 1 aromatic rings. The van der Waals surface area contributed by atoms with E-state index in [1.165, 1.54) is 0 Å². The van der Waals surface area contributed by atoms with E-state index in [0.29, 0.717) is 25.0 Å². The average Bonchev–Trinajstić information content (AvgIpc) is 2.07. The first-order valence-corrected chi connectivity index (χ1v) is 4.94. The van der Waals surface area contributed by atoms with Crippen LogP contribution in [-0.2, 0) is 5.41 Å².